The number of carbonyl (C=O) groups excluding carboxylic acids is 1. The number of nitrogens with zero attached hydrogens (tertiary/aromatic N) is 5. The van der Waals surface area contributed by atoms with Crippen molar-refractivity contribution in [1.29, 1.82) is 0 Å². The molecule has 0 aliphatic carbocycles. The van der Waals surface area contributed by atoms with Crippen LogP contribution in [0.4, 0.5) is 5.69 Å². The molecule has 0 aliphatic heterocycles. The number of benzene rings is 2. The zero-order valence-electron chi connectivity index (χ0n) is 16.3. The summed E-state index contributed by atoms with van der Waals surface area (Å²) in [7, 11) is 6.28. The summed E-state index contributed by atoms with van der Waals surface area (Å²) in [5, 5.41) is 19.2. The van der Waals surface area contributed by atoms with Crippen molar-refractivity contribution >= 4 is 22.6 Å². The lowest BCUT2D eigenvalue weighted by Crippen LogP contribution is -2.44. The lowest BCUT2D eigenvalue weighted by molar-refractivity contribution is -0.868. The standard InChI is InChI=1S/C20H25N5O2/c1-5-20(27)23(12-13-25(2,3)4)15-10-11-19(26)18(14-15)24-21-16-8-6-7-9-17(16)22-24/h6-11,14H,5,12-13H2,1-4H3/p+1. The molecule has 27 heavy (non-hydrogen) atoms. The van der Waals surface area contributed by atoms with Crippen molar-refractivity contribution in [3.8, 4) is 11.4 Å². The molecule has 0 unspecified atom stereocenters. The first-order valence-corrected chi connectivity index (χ1v) is 9.05. The molecule has 0 fully saturated rings. The highest BCUT2D eigenvalue weighted by molar-refractivity contribution is 5.93. The van der Waals surface area contributed by atoms with Crippen molar-refractivity contribution in [2.45, 2.75) is 13.3 Å². The summed E-state index contributed by atoms with van der Waals surface area (Å²) in [6.45, 7) is 3.26. The molecule has 1 heterocycles. The number of phenolic OH excluding ortho intramolecular Hbond substituents is 1. The van der Waals surface area contributed by atoms with Crippen LogP contribution in [0.3, 0.4) is 0 Å². The lowest BCUT2D eigenvalue weighted by Gasteiger charge is -2.29. The number of hydrogen-bond acceptors (Lipinski definition) is 4. The molecule has 1 aromatic heterocycles. The highest BCUT2D eigenvalue weighted by Crippen LogP contribution is 2.28. The van der Waals surface area contributed by atoms with Crippen LogP contribution < -0.4 is 4.90 Å². The van der Waals surface area contributed by atoms with E-state index in [-0.39, 0.29) is 11.7 Å². The van der Waals surface area contributed by atoms with Gasteiger partial charge in [-0.2, -0.15) is 0 Å². The molecule has 0 atom stereocenters. The normalized spacial score (nSPS) is 11.7. The van der Waals surface area contributed by atoms with Crippen LogP contribution in [-0.4, -0.2) is 64.7 Å². The summed E-state index contributed by atoms with van der Waals surface area (Å²) < 4.78 is 0.755. The molecule has 0 bridgehead atoms. The van der Waals surface area contributed by atoms with Crippen LogP contribution in [0.5, 0.6) is 5.75 Å². The zero-order valence-corrected chi connectivity index (χ0v) is 16.3. The van der Waals surface area contributed by atoms with Crippen molar-refractivity contribution in [3.05, 3.63) is 42.5 Å². The Kier molecular flexibility index (Phi) is 5.14. The van der Waals surface area contributed by atoms with E-state index in [0.29, 0.717) is 18.7 Å². The van der Waals surface area contributed by atoms with Crippen LogP contribution in [0.15, 0.2) is 42.5 Å². The van der Waals surface area contributed by atoms with Crippen LogP contribution in [0, 0.1) is 0 Å². The minimum Gasteiger partial charge on any atom is -0.506 e. The fraction of sp³-hybridized carbons (Fsp3) is 0.350. The summed E-state index contributed by atoms with van der Waals surface area (Å²) >= 11 is 0. The van der Waals surface area contributed by atoms with E-state index in [1.54, 1.807) is 23.1 Å². The Hall–Kier alpha value is -2.93. The Labute approximate surface area is 159 Å². The SMILES string of the molecule is CCC(=O)N(CC[N+](C)(C)C)c1ccc(O)c(-n2nc3ccccc3n2)c1. The topological polar surface area (TPSA) is 71.2 Å². The maximum Gasteiger partial charge on any atom is 0.226 e. The number of aromatic hydroxyl groups is 1. The molecule has 1 amide bonds. The molecule has 3 aromatic rings. The van der Waals surface area contributed by atoms with Crippen molar-refractivity contribution < 1.29 is 14.4 Å². The maximum atomic E-state index is 12.5. The molecule has 0 saturated carbocycles. The second kappa shape index (κ2) is 7.36. The minimum absolute atomic E-state index is 0.0404. The molecule has 7 nitrogen and oxygen atoms in total. The van der Waals surface area contributed by atoms with E-state index in [2.05, 4.69) is 31.3 Å². The third kappa shape index (κ3) is 4.25. The van der Waals surface area contributed by atoms with E-state index in [9.17, 15) is 9.90 Å². The van der Waals surface area contributed by atoms with Gasteiger partial charge < -0.3 is 14.5 Å². The number of rotatable bonds is 6. The Morgan fingerprint density at radius 2 is 1.74 bits per heavy atom. The predicted molar refractivity (Wildman–Crippen MR) is 106 cm³/mol. The number of amides is 1. The highest BCUT2D eigenvalue weighted by Gasteiger charge is 2.20. The lowest BCUT2D eigenvalue weighted by atomic mass is 10.2. The van der Waals surface area contributed by atoms with E-state index in [0.717, 1.165) is 27.7 Å². The summed E-state index contributed by atoms with van der Waals surface area (Å²) in [6, 6.07) is 12.6. The predicted octanol–water partition coefficient (Wildman–Crippen LogP) is 2.58. The van der Waals surface area contributed by atoms with Crippen molar-refractivity contribution in [1.82, 2.24) is 15.0 Å². The van der Waals surface area contributed by atoms with Gasteiger partial charge in [-0.15, -0.1) is 15.0 Å². The van der Waals surface area contributed by atoms with Gasteiger partial charge in [0.25, 0.3) is 0 Å². The number of phenols is 1. The molecule has 1 N–H and O–H groups in total. The van der Waals surface area contributed by atoms with Crippen molar-refractivity contribution in [3.63, 3.8) is 0 Å². The van der Waals surface area contributed by atoms with Gasteiger partial charge in [0.1, 0.15) is 22.5 Å². The van der Waals surface area contributed by atoms with Gasteiger partial charge in [-0.3, -0.25) is 4.79 Å². The quantitative estimate of drug-likeness (QED) is 0.679. The van der Waals surface area contributed by atoms with E-state index in [1.165, 1.54) is 4.80 Å². The third-order valence-electron chi connectivity index (χ3n) is 4.37. The summed E-state index contributed by atoms with van der Waals surface area (Å²) in [4.78, 5) is 15.7. The molecular formula is C20H26N5O2+. The minimum atomic E-state index is 0.0404. The average molecular weight is 368 g/mol. The second-order valence-electron chi connectivity index (χ2n) is 7.56. The van der Waals surface area contributed by atoms with Crippen LogP contribution in [0.2, 0.25) is 0 Å². The van der Waals surface area contributed by atoms with Gasteiger partial charge in [-0.1, -0.05) is 19.1 Å². The van der Waals surface area contributed by atoms with Crippen molar-refractivity contribution in [2.75, 3.05) is 39.1 Å². The fourth-order valence-electron chi connectivity index (χ4n) is 2.80. The Morgan fingerprint density at radius 3 is 2.30 bits per heavy atom. The Morgan fingerprint density at radius 1 is 1.11 bits per heavy atom. The first-order chi connectivity index (χ1) is 12.8. The van der Waals surface area contributed by atoms with Gasteiger partial charge in [0.15, 0.2) is 0 Å². The van der Waals surface area contributed by atoms with Gasteiger partial charge in [0, 0.05) is 12.1 Å². The molecule has 0 radical (unpaired) electrons. The van der Waals surface area contributed by atoms with Crippen LogP contribution in [0.1, 0.15) is 13.3 Å². The first kappa shape index (κ1) is 18.8. The molecule has 7 heteroatoms. The second-order valence-corrected chi connectivity index (χ2v) is 7.56. The van der Waals surface area contributed by atoms with Gasteiger partial charge in [-0.05, 0) is 30.3 Å². The first-order valence-electron chi connectivity index (χ1n) is 9.05. The van der Waals surface area contributed by atoms with Crippen LogP contribution >= 0.6 is 0 Å². The largest absolute Gasteiger partial charge is 0.506 e. The summed E-state index contributed by atoms with van der Waals surface area (Å²) in [6.07, 6.45) is 0.414. The smallest absolute Gasteiger partial charge is 0.226 e. The highest BCUT2D eigenvalue weighted by atomic mass is 16.3. The van der Waals surface area contributed by atoms with Gasteiger partial charge in [0.2, 0.25) is 5.91 Å². The van der Waals surface area contributed by atoms with E-state index >= 15 is 0 Å². The monoisotopic (exact) mass is 368 g/mol. The molecule has 0 aliphatic rings. The van der Waals surface area contributed by atoms with Crippen LogP contribution in [-0.2, 0) is 4.79 Å². The number of aromatic nitrogens is 3. The van der Waals surface area contributed by atoms with E-state index in [1.807, 2.05) is 31.2 Å². The van der Waals surface area contributed by atoms with Gasteiger partial charge in [-0.25, -0.2) is 0 Å². The number of likely N-dealkylation sites (N-methyl/N-ethyl adjacent to an activating group) is 1. The summed E-state index contributed by atoms with van der Waals surface area (Å²) in [5.74, 6) is 0.105. The Bertz CT molecular complexity index is 925. The Balaban J connectivity index is 2.00. The van der Waals surface area contributed by atoms with E-state index < -0.39 is 0 Å². The average Bonchev–Trinajstić information content (AvgIpc) is 3.05. The number of hydrogen-bond donors (Lipinski definition) is 1. The molecule has 0 saturated heterocycles. The number of fused-ring (bicyclic) bond motifs is 1. The number of anilines is 1. The molecule has 0 spiro atoms. The van der Waals surface area contributed by atoms with Gasteiger partial charge >= 0.3 is 0 Å². The molecule has 142 valence electrons. The third-order valence-corrected chi connectivity index (χ3v) is 4.37. The number of carbonyl (C=O) groups is 1. The van der Waals surface area contributed by atoms with E-state index in [4.69, 9.17) is 0 Å². The maximum absolute atomic E-state index is 12.5. The summed E-state index contributed by atoms with van der Waals surface area (Å²) in [5.41, 5.74) is 2.66. The van der Waals surface area contributed by atoms with Crippen molar-refractivity contribution in [2.24, 2.45) is 0 Å². The molecular weight excluding hydrogens is 342 g/mol. The number of quaternary nitrogens is 1. The fourth-order valence-corrected chi connectivity index (χ4v) is 2.80. The molecule has 3 rings (SSSR count). The van der Waals surface area contributed by atoms with Crippen LogP contribution in [0.25, 0.3) is 16.7 Å². The molecule has 2 aromatic carbocycles. The zero-order chi connectivity index (χ0) is 19.6. The van der Waals surface area contributed by atoms with Gasteiger partial charge in [0.05, 0.1) is 34.2 Å².